The van der Waals surface area contributed by atoms with Gasteiger partial charge in [0.1, 0.15) is 5.75 Å². The van der Waals surface area contributed by atoms with Crippen molar-refractivity contribution in [3.8, 4) is 5.75 Å². The standard InChI is InChI=1S/C24H38O4/c1-4-5-6-7-8-9-10-13-18-27-23(25)14-11-12-15-24(26)28-22-17-16-20(2)21(3)19-22/h16-17,19H,4-15,18H2,1-3H3. The molecular weight excluding hydrogens is 352 g/mol. The van der Waals surface area contributed by atoms with Crippen molar-refractivity contribution in [3.63, 3.8) is 0 Å². The van der Waals surface area contributed by atoms with Crippen LogP contribution >= 0.6 is 0 Å². The number of ether oxygens (including phenoxy) is 2. The second kappa shape index (κ2) is 15.1. The highest BCUT2D eigenvalue weighted by Crippen LogP contribution is 2.17. The van der Waals surface area contributed by atoms with Gasteiger partial charge < -0.3 is 9.47 Å². The van der Waals surface area contributed by atoms with Crippen LogP contribution in [-0.4, -0.2) is 18.5 Å². The van der Waals surface area contributed by atoms with Crippen molar-refractivity contribution in [2.24, 2.45) is 0 Å². The summed E-state index contributed by atoms with van der Waals surface area (Å²) in [5.74, 6) is 0.166. The second-order valence-electron chi connectivity index (χ2n) is 7.62. The highest BCUT2D eigenvalue weighted by Gasteiger charge is 2.08. The van der Waals surface area contributed by atoms with E-state index in [1.807, 2.05) is 32.0 Å². The fraction of sp³-hybridized carbons (Fsp3) is 0.667. The number of carbonyl (C=O) groups is 2. The van der Waals surface area contributed by atoms with E-state index in [0.29, 0.717) is 38.0 Å². The van der Waals surface area contributed by atoms with Gasteiger partial charge in [-0.2, -0.15) is 0 Å². The van der Waals surface area contributed by atoms with E-state index in [2.05, 4.69) is 6.92 Å². The Morgan fingerprint density at radius 3 is 2.00 bits per heavy atom. The van der Waals surface area contributed by atoms with Crippen molar-refractivity contribution >= 4 is 11.9 Å². The Kier molecular flexibility index (Phi) is 13.1. The number of aryl methyl sites for hydroxylation is 2. The molecule has 0 bridgehead atoms. The van der Waals surface area contributed by atoms with Crippen LogP contribution in [0.2, 0.25) is 0 Å². The molecule has 0 radical (unpaired) electrons. The topological polar surface area (TPSA) is 52.6 Å². The van der Waals surface area contributed by atoms with Crippen LogP contribution in [0.3, 0.4) is 0 Å². The molecule has 4 nitrogen and oxygen atoms in total. The summed E-state index contributed by atoms with van der Waals surface area (Å²) in [6.07, 6.45) is 11.8. The lowest BCUT2D eigenvalue weighted by atomic mass is 10.1. The van der Waals surface area contributed by atoms with E-state index >= 15 is 0 Å². The first-order valence-corrected chi connectivity index (χ1v) is 11.0. The molecule has 1 rings (SSSR count). The number of hydrogen-bond acceptors (Lipinski definition) is 4. The number of hydrogen-bond donors (Lipinski definition) is 0. The highest BCUT2D eigenvalue weighted by atomic mass is 16.5. The maximum absolute atomic E-state index is 11.9. The van der Waals surface area contributed by atoms with Gasteiger partial charge in [0.15, 0.2) is 0 Å². The molecule has 0 atom stereocenters. The molecule has 28 heavy (non-hydrogen) atoms. The van der Waals surface area contributed by atoms with Gasteiger partial charge in [0.2, 0.25) is 0 Å². The van der Waals surface area contributed by atoms with Crippen molar-refractivity contribution in [2.45, 2.75) is 97.8 Å². The molecule has 0 spiro atoms. The van der Waals surface area contributed by atoms with Gasteiger partial charge in [-0.3, -0.25) is 9.59 Å². The molecule has 0 saturated heterocycles. The van der Waals surface area contributed by atoms with Gasteiger partial charge in [-0.15, -0.1) is 0 Å². The summed E-state index contributed by atoms with van der Waals surface area (Å²) in [6, 6.07) is 5.62. The van der Waals surface area contributed by atoms with Crippen molar-refractivity contribution < 1.29 is 19.1 Å². The van der Waals surface area contributed by atoms with Crippen molar-refractivity contribution in [3.05, 3.63) is 29.3 Å². The van der Waals surface area contributed by atoms with E-state index in [0.717, 1.165) is 18.4 Å². The van der Waals surface area contributed by atoms with Crippen LogP contribution in [0.5, 0.6) is 5.75 Å². The minimum absolute atomic E-state index is 0.162. The van der Waals surface area contributed by atoms with E-state index in [1.54, 1.807) is 0 Å². The fourth-order valence-corrected chi connectivity index (χ4v) is 2.99. The minimum Gasteiger partial charge on any atom is -0.466 e. The van der Waals surface area contributed by atoms with Gasteiger partial charge in [-0.1, -0.05) is 57.9 Å². The smallest absolute Gasteiger partial charge is 0.311 e. The average Bonchev–Trinajstić information content (AvgIpc) is 2.67. The SMILES string of the molecule is CCCCCCCCCCOC(=O)CCCCC(=O)Oc1ccc(C)c(C)c1. The molecule has 0 aromatic heterocycles. The fourth-order valence-electron chi connectivity index (χ4n) is 2.99. The Balaban J connectivity index is 1.98. The van der Waals surface area contributed by atoms with Gasteiger partial charge in [0.05, 0.1) is 6.61 Å². The molecular formula is C24H38O4. The van der Waals surface area contributed by atoms with Crippen LogP contribution in [0.1, 0.15) is 95.1 Å². The Bertz CT molecular complexity index is 580. The Labute approximate surface area is 171 Å². The molecule has 0 heterocycles. The van der Waals surface area contributed by atoms with E-state index in [4.69, 9.17) is 9.47 Å². The molecule has 0 amide bonds. The van der Waals surface area contributed by atoms with Crippen LogP contribution < -0.4 is 4.74 Å². The van der Waals surface area contributed by atoms with E-state index in [-0.39, 0.29) is 11.9 Å². The maximum Gasteiger partial charge on any atom is 0.311 e. The second-order valence-corrected chi connectivity index (χ2v) is 7.62. The Hall–Kier alpha value is -1.84. The molecule has 0 saturated carbocycles. The summed E-state index contributed by atoms with van der Waals surface area (Å²) in [6.45, 7) is 6.76. The van der Waals surface area contributed by atoms with Crippen LogP contribution in [0.25, 0.3) is 0 Å². The van der Waals surface area contributed by atoms with Crippen LogP contribution in [0.15, 0.2) is 18.2 Å². The normalized spacial score (nSPS) is 10.7. The van der Waals surface area contributed by atoms with Crippen molar-refractivity contribution in [1.82, 2.24) is 0 Å². The highest BCUT2D eigenvalue weighted by molar-refractivity contribution is 5.72. The average molecular weight is 391 g/mol. The van der Waals surface area contributed by atoms with Gasteiger partial charge >= 0.3 is 11.9 Å². The summed E-state index contributed by atoms with van der Waals surface area (Å²) in [5.41, 5.74) is 2.27. The largest absolute Gasteiger partial charge is 0.466 e. The molecule has 1 aromatic carbocycles. The van der Waals surface area contributed by atoms with Crippen LogP contribution in [0, 0.1) is 13.8 Å². The van der Waals surface area contributed by atoms with E-state index < -0.39 is 0 Å². The summed E-state index contributed by atoms with van der Waals surface area (Å²) >= 11 is 0. The van der Waals surface area contributed by atoms with Crippen molar-refractivity contribution in [1.29, 1.82) is 0 Å². The van der Waals surface area contributed by atoms with Crippen LogP contribution in [0.4, 0.5) is 0 Å². The first kappa shape index (κ1) is 24.2. The number of benzene rings is 1. The zero-order chi connectivity index (χ0) is 20.6. The maximum atomic E-state index is 11.9. The molecule has 0 aliphatic carbocycles. The number of rotatable bonds is 15. The molecule has 158 valence electrons. The number of carbonyl (C=O) groups excluding carboxylic acids is 2. The predicted molar refractivity (Wildman–Crippen MR) is 114 cm³/mol. The minimum atomic E-state index is -0.254. The molecule has 0 N–H and O–H groups in total. The predicted octanol–water partition coefficient (Wildman–Crippen LogP) is 6.45. The van der Waals surface area contributed by atoms with E-state index in [9.17, 15) is 9.59 Å². The molecule has 0 fully saturated rings. The van der Waals surface area contributed by atoms with Gasteiger partial charge in [0.25, 0.3) is 0 Å². The molecule has 0 aliphatic heterocycles. The monoisotopic (exact) mass is 390 g/mol. The number of esters is 2. The lowest BCUT2D eigenvalue weighted by molar-refractivity contribution is -0.144. The Morgan fingerprint density at radius 2 is 1.36 bits per heavy atom. The van der Waals surface area contributed by atoms with Crippen LogP contribution in [-0.2, 0) is 14.3 Å². The molecule has 1 aromatic rings. The first-order chi connectivity index (χ1) is 13.5. The van der Waals surface area contributed by atoms with Gasteiger partial charge in [0, 0.05) is 12.8 Å². The lowest BCUT2D eigenvalue weighted by Crippen LogP contribution is -2.09. The molecule has 0 unspecified atom stereocenters. The number of unbranched alkanes of at least 4 members (excludes halogenated alkanes) is 8. The van der Waals surface area contributed by atoms with Gasteiger partial charge in [-0.05, 0) is 56.4 Å². The van der Waals surface area contributed by atoms with Crippen molar-refractivity contribution in [2.75, 3.05) is 6.61 Å². The summed E-state index contributed by atoms with van der Waals surface area (Å²) in [4.78, 5) is 23.6. The zero-order valence-electron chi connectivity index (χ0n) is 18.1. The molecule has 4 heteroatoms. The zero-order valence-corrected chi connectivity index (χ0v) is 18.1. The Morgan fingerprint density at radius 1 is 0.750 bits per heavy atom. The van der Waals surface area contributed by atoms with E-state index in [1.165, 1.54) is 44.1 Å². The third-order valence-electron chi connectivity index (χ3n) is 4.98. The first-order valence-electron chi connectivity index (χ1n) is 11.0. The third-order valence-corrected chi connectivity index (χ3v) is 4.98. The van der Waals surface area contributed by atoms with Gasteiger partial charge in [-0.25, -0.2) is 0 Å². The summed E-state index contributed by atoms with van der Waals surface area (Å²) in [7, 11) is 0. The third kappa shape index (κ3) is 11.8. The lowest BCUT2D eigenvalue weighted by Gasteiger charge is -2.07. The quantitative estimate of drug-likeness (QED) is 0.196. The molecule has 0 aliphatic rings. The summed E-state index contributed by atoms with van der Waals surface area (Å²) < 4.78 is 10.6. The summed E-state index contributed by atoms with van der Waals surface area (Å²) in [5, 5.41) is 0.